The van der Waals surface area contributed by atoms with E-state index in [9.17, 15) is 19.2 Å². The van der Waals surface area contributed by atoms with E-state index >= 15 is 0 Å². The second-order valence-electron chi connectivity index (χ2n) is 7.14. The summed E-state index contributed by atoms with van der Waals surface area (Å²) in [6.45, 7) is 0. The van der Waals surface area contributed by atoms with Gasteiger partial charge in [0.1, 0.15) is 5.56 Å². The van der Waals surface area contributed by atoms with Crippen LogP contribution < -0.4 is 10.9 Å². The number of amides is 1. The van der Waals surface area contributed by atoms with Gasteiger partial charge in [0.05, 0.1) is 15.7 Å². The first-order chi connectivity index (χ1) is 15.3. The van der Waals surface area contributed by atoms with Crippen molar-refractivity contribution >= 4 is 66.0 Å². The summed E-state index contributed by atoms with van der Waals surface area (Å²) < 4.78 is 6.62. The topological polar surface area (TPSA) is 93.4 Å². The molecule has 6 nitrogen and oxygen atoms in total. The fourth-order valence-electron chi connectivity index (χ4n) is 3.75. The van der Waals surface area contributed by atoms with E-state index < -0.39 is 11.5 Å². The molecule has 0 radical (unpaired) electrons. The Hall–Kier alpha value is -3.36. The zero-order chi connectivity index (χ0) is 22.6. The summed E-state index contributed by atoms with van der Waals surface area (Å²) in [5.74, 6) is -1.42. The van der Waals surface area contributed by atoms with Crippen LogP contribution in [0.1, 0.15) is 42.2 Å². The lowest BCUT2D eigenvalue weighted by molar-refractivity contribution is 0.0978. The van der Waals surface area contributed by atoms with Crippen LogP contribution in [0.5, 0.6) is 0 Å². The van der Waals surface area contributed by atoms with Crippen molar-refractivity contribution in [1.82, 2.24) is 0 Å². The van der Waals surface area contributed by atoms with Crippen LogP contribution in [0.4, 0.5) is 5.69 Å². The van der Waals surface area contributed by atoms with Crippen molar-refractivity contribution in [1.29, 1.82) is 0 Å². The zero-order valence-corrected chi connectivity index (χ0v) is 19.2. The summed E-state index contributed by atoms with van der Waals surface area (Å²) >= 11 is 6.70. The molecule has 1 heterocycles. The van der Waals surface area contributed by atoms with E-state index in [1.807, 2.05) is 0 Å². The number of benzene rings is 3. The summed E-state index contributed by atoms with van der Waals surface area (Å²) in [7, 11) is 0. The quantitative estimate of drug-likeness (QED) is 0.298. The summed E-state index contributed by atoms with van der Waals surface area (Å²) in [5, 5.41) is 3.14. The molecular weight excluding hydrogens is 542 g/mol. The molecule has 0 spiro atoms. The molecule has 0 saturated heterocycles. The zero-order valence-electron chi connectivity index (χ0n) is 16.1. The minimum absolute atomic E-state index is 0.0974. The van der Waals surface area contributed by atoms with Gasteiger partial charge in [-0.05, 0) is 40.2 Å². The maximum absolute atomic E-state index is 13.1. The van der Waals surface area contributed by atoms with Gasteiger partial charge < -0.3 is 9.73 Å². The number of anilines is 1. The van der Waals surface area contributed by atoms with Crippen molar-refractivity contribution in [2.75, 3.05) is 5.32 Å². The molecule has 156 valence electrons. The number of halogens is 2. The monoisotopic (exact) mass is 551 g/mol. The Morgan fingerprint density at radius 1 is 0.812 bits per heavy atom. The molecule has 0 bridgehead atoms. The summed E-state index contributed by atoms with van der Waals surface area (Å²) in [5.41, 5.74) is 0.293. The molecule has 3 aromatic carbocycles. The third-order valence-corrected chi connectivity index (χ3v) is 6.24. The Balaban J connectivity index is 1.58. The number of fused-ring (bicyclic) bond motifs is 3. The second kappa shape index (κ2) is 7.65. The van der Waals surface area contributed by atoms with Gasteiger partial charge in [0.15, 0.2) is 17.1 Å². The fourth-order valence-corrected chi connectivity index (χ4v) is 5.09. The van der Waals surface area contributed by atoms with Crippen molar-refractivity contribution in [2.24, 2.45) is 0 Å². The lowest BCUT2D eigenvalue weighted by atomic mass is 9.83. The predicted molar refractivity (Wildman–Crippen MR) is 126 cm³/mol. The van der Waals surface area contributed by atoms with E-state index in [1.165, 1.54) is 12.1 Å². The molecule has 1 N–H and O–H groups in total. The molecule has 1 aliphatic carbocycles. The smallest absolute Gasteiger partial charge is 0.349 e. The molecule has 32 heavy (non-hydrogen) atoms. The number of carbonyl (C=O) groups excluding carboxylic acids is 3. The predicted octanol–water partition coefficient (Wildman–Crippen LogP) is 5.35. The number of hydrogen-bond donors (Lipinski definition) is 1. The van der Waals surface area contributed by atoms with E-state index in [4.69, 9.17) is 4.42 Å². The molecule has 0 saturated carbocycles. The van der Waals surface area contributed by atoms with Gasteiger partial charge in [-0.3, -0.25) is 14.4 Å². The van der Waals surface area contributed by atoms with Gasteiger partial charge in [-0.15, -0.1) is 0 Å². The van der Waals surface area contributed by atoms with Crippen LogP contribution in [0, 0.1) is 0 Å². The second-order valence-corrected chi connectivity index (χ2v) is 8.91. The molecule has 1 amide bonds. The largest absolute Gasteiger partial charge is 0.421 e. The Morgan fingerprint density at radius 2 is 1.50 bits per heavy atom. The van der Waals surface area contributed by atoms with Gasteiger partial charge in [0.2, 0.25) is 0 Å². The lowest BCUT2D eigenvalue weighted by Crippen LogP contribution is -2.25. The SMILES string of the molecule is O=C1c2ccccc2C(=O)c2c(NC(=O)c3cc4cc(Br)cc(Br)c4oc3=O)cccc21. The maximum atomic E-state index is 13.1. The highest BCUT2D eigenvalue weighted by molar-refractivity contribution is 9.11. The number of rotatable bonds is 2. The van der Waals surface area contributed by atoms with Crippen molar-refractivity contribution in [3.05, 3.63) is 108 Å². The Morgan fingerprint density at radius 3 is 2.25 bits per heavy atom. The Bertz CT molecular complexity index is 1550. The van der Waals surface area contributed by atoms with E-state index in [1.54, 1.807) is 48.5 Å². The average molecular weight is 553 g/mol. The van der Waals surface area contributed by atoms with Crippen LogP contribution in [0.25, 0.3) is 11.0 Å². The number of ketones is 2. The Kier molecular flexibility index (Phi) is 4.91. The first-order valence-corrected chi connectivity index (χ1v) is 11.0. The molecule has 0 atom stereocenters. The minimum atomic E-state index is -0.824. The van der Waals surface area contributed by atoms with E-state index in [-0.39, 0.29) is 39.5 Å². The molecule has 5 rings (SSSR count). The molecule has 4 aromatic rings. The first-order valence-electron chi connectivity index (χ1n) is 9.41. The highest BCUT2D eigenvalue weighted by Gasteiger charge is 2.32. The average Bonchev–Trinajstić information content (AvgIpc) is 2.77. The normalized spacial score (nSPS) is 12.4. The first kappa shape index (κ1) is 20.5. The molecule has 0 unspecified atom stereocenters. The molecule has 1 aromatic heterocycles. The maximum Gasteiger partial charge on any atom is 0.349 e. The van der Waals surface area contributed by atoms with Gasteiger partial charge in [-0.2, -0.15) is 0 Å². The van der Waals surface area contributed by atoms with Gasteiger partial charge in [0.25, 0.3) is 5.91 Å². The standard InChI is InChI=1S/C24H11Br2NO5/c25-12-8-11-9-16(24(31)32-22(11)17(26)10-12)23(30)27-18-7-3-6-15-19(18)21(29)14-5-2-1-4-13(14)20(15)28/h1-10H,(H,27,30). The summed E-state index contributed by atoms with van der Waals surface area (Å²) in [4.78, 5) is 51.5. The molecule has 0 fully saturated rings. The molecule has 1 aliphatic rings. The molecule has 8 heteroatoms. The van der Waals surface area contributed by atoms with Gasteiger partial charge in [-0.1, -0.05) is 52.3 Å². The lowest BCUT2D eigenvalue weighted by Gasteiger charge is -2.20. The van der Waals surface area contributed by atoms with Gasteiger partial charge in [0, 0.05) is 26.5 Å². The van der Waals surface area contributed by atoms with Crippen LogP contribution in [0.2, 0.25) is 0 Å². The van der Waals surface area contributed by atoms with E-state index in [2.05, 4.69) is 37.2 Å². The fraction of sp³-hybridized carbons (Fsp3) is 0. The number of carbonyl (C=O) groups is 3. The molecular formula is C24H11Br2NO5. The Labute approximate surface area is 197 Å². The van der Waals surface area contributed by atoms with Crippen LogP contribution >= 0.6 is 31.9 Å². The number of nitrogens with one attached hydrogen (secondary N) is 1. The van der Waals surface area contributed by atoms with Gasteiger partial charge in [-0.25, -0.2) is 4.79 Å². The van der Waals surface area contributed by atoms with Crippen molar-refractivity contribution in [2.45, 2.75) is 0 Å². The minimum Gasteiger partial charge on any atom is -0.421 e. The summed E-state index contributed by atoms with van der Waals surface area (Å²) in [6, 6.07) is 16.0. The highest BCUT2D eigenvalue weighted by Crippen LogP contribution is 2.32. The number of hydrogen-bond acceptors (Lipinski definition) is 5. The van der Waals surface area contributed by atoms with Crippen molar-refractivity contribution in [3.8, 4) is 0 Å². The molecule has 0 aliphatic heterocycles. The highest BCUT2D eigenvalue weighted by atomic mass is 79.9. The van der Waals surface area contributed by atoms with Crippen LogP contribution in [0.3, 0.4) is 0 Å². The third kappa shape index (κ3) is 3.23. The third-order valence-electron chi connectivity index (χ3n) is 5.20. The van der Waals surface area contributed by atoms with Crippen molar-refractivity contribution < 1.29 is 18.8 Å². The van der Waals surface area contributed by atoms with Crippen molar-refractivity contribution in [3.63, 3.8) is 0 Å². The summed E-state index contributed by atoms with van der Waals surface area (Å²) in [6.07, 6.45) is 0. The van der Waals surface area contributed by atoms with E-state index in [0.29, 0.717) is 21.0 Å². The van der Waals surface area contributed by atoms with Crippen LogP contribution in [-0.2, 0) is 0 Å². The van der Waals surface area contributed by atoms with Crippen LogP contribution in [-0.4, -0.2) is 17.5 Å². The van der Waals surface area contributed by atoms with Crippen LogP contribution in [0.15, 0.2) is 78.8 Å². The van der Waals surface area contributed by atoms with E-state index in [0.717, 1.165) is 4.47 Å². The van der Waals surface area contributed by atoms with Gasteiger partial charge >= 0.3 is 5.63 Å².